The number of benzene rings is 2. The lowest BCUT2D eigenvalue weighted by Crippen LogP contribution is -1.90. The minimum Gasteiger partial charge on any atom is -0.497 e. The van der Waals surface area contributed by atoms with Crippen molar-refractivity contribution in [2.24, 2.45) is 0 Å². The number of methoxy groups -OCH3 is 1. The van der Waals surface area contributed by atoms with E-state index < -0.39 is 0 Å². The summed E-state index contributed by atoms with van der Waals surface area (Å²) >= 11 is 3.35. The van der Waals surface area contributed by atoms with E-state index in [4.69, 9.17) is 4.74 Å². The Balaban J connectivity index is 1.94. The van der Waals surface area contributed by atoms with Crippen LogP contribution in [0.1, 0.15) is 0 Å². The summed E-state index contributed by atoms with van der Waals surface area (Å²) in [7, 11) is 1.68. The molecule has 0 aliphatic carbocycles. The zero-order valence-corrected chi connectivity index (χ0v) is 12.8. The molecule has 2 aromatic carbocycles. The van der Waals surface area contributed by atoms with Crippen LogP contribution in [-0.4, -0.2) is 18.3 Å². The third-order valence-corrected chi connectivity index (χ3v) is 4.67. The molecule has 102 valence electrons. The molecule has 3 rings (SSSR count). The molecule has 0 bridgehead atoms. The molecule has 1 N–H and O–H groups in total. The molecule has 0 saturated carbocycles. The van der Waals surface area contributed by atoms with Gasteiger partial charge >= 0.3 is 0 Å². The van der Waals surface area contributed by atoms with E-state index in [9.17, 15) is 0 Å². The number of hydrogen-bond acceptors (Lipinski definition) is 5. The lowest BCUT2D eigenvalue weighted by Gasteiger charge is -2.06. The molecule has 20 heavy (non-hydrogen) atoms. The van der Waals surface area contributed by atoms with Gasteiger partial charge in [0.25, 0.3) is 0 Å². The molecule has 0 aliphatic rings. The molecular weight excluding hydrogens is 288 g/mol. The van der Waals surface area contributed by atoms with E-state index in [2.05, 4.69) is 28.7 Å². The third-order valence-electron chi connectivity index (χ3n) is 2.94. The third kappa shape index (κ3) is 2.59. The van der Waals surface area contributed by atoms with Gasteiger partial charge in [0.2, 0.25) is 0 Å². The van der Waals surface area contributed by atoms with Crippen LogP contribution in [0.3, 0.4) is 0 Å². The second kappa shape index (κ2) is 5.73. The Kier molecular flexibility index (Phi) is 3.80. The number of para-hydroxylation sites is 1. The van der Waals surface area contributed by atoms with E-state index in [0.717, 1.165) is 26.8 Å². The highest BCUT2D eigenvalue weighted by molar-refractivity contribution is 7.98. The van der Waals surface area contributed by atoms with Gasteiger partial charge in [-0.1, -0.05) is 23.5 Å². The number of ether oxygens (including phenoxy) is 1. The van der Waals surface area contributed by atoms with E-state index in [1.165, 1.54) is 4.90 Å². The van der Waals surface area contributed by atoms with Gasteiger partial charge in [-0.25, -0.2) is 4.98 Å². The first-order valence-corrected chi connectivity index (χ1v) is 8.19. The fourth-order valence-corrected chi connectivity index (χ4v) is 3.41. The van der Waals surface area contributed by atoms with E-state index >= 15 is 0 Å². The number of thioether (sulfide) groups is 1. The van der Waals surface area contributed by atoms with Crippen molar-refractivity contribution in [2.45, 2.75) is 4.90 Å². The molecular formula is C15H14N2OS2. The van der Waals surface area contributed by atoms with Gasteiger partial charge < -0.3 is 10.1 Å². The number of nitrogens with zero attached hydrogens (tertiary/aromatic N) is 1. The maximum Gasteiger partial charge on any atom is 0.188 e. The molecule has 3 nitrogen and oxygen atoms in total. The maximum atomic E-state index is 5.24. The molecule has 0 fully saturated rings. The summed E-state index contributed by atoms with van der Waals surface area (Å²) in [6, 6.07) is 14.2. The number of thiazole rings is 1. The summed E-state index contributed by atoms with van der Waals surface area (Å²) in [4.78, 5) is 5.81. The maximum absolute atomic E-state index is 5.24. The van der Waals surface area contributed by atoms with Crippen LogP contribution in [0.15, 0.2) is 47.4 Å². The van der Waals surface area contributed by atoms with Gasteiger partial charge in [-0.3, -0.25) is 0 Å². The highest BCUT2D eigenvalue weighted by atomic mass is 32.2. The summed E-state index contributed by atoms with van der Waals surface area (Å²) in [5.41, 5.74) is 2.07. The smallest absolute Gasteiger partial charge is 0.188 e. The van der Waals surface area contributed by atoms with Gasteiger partial charge in [0.15, 0.2) is 5.13 Å². The molecule has 0 atom stereocenters. The van der Waals surface area contributed by atoms with Gasteiger partial charge in [0.05, 0.1) is 23.0 Å². The molecule has 1 aromatic heterocycles. The van der Waals surface area contributed by atoms with Gasteiger partial charge in [-0.05, 0) is 36.6 Å². The number of anilines is 2. The van der Waals surface area contributed by atoms with Crippen molar-refractivity contribution >= 4 is 44.1 Å². The Labute approximate surface area is 126 Å². The van der Waals surface area contributed by atoms with Crippen molar-refractivity contribution in [3.05, 3.63) is 42.5 Å². The van der Waals surface area contributed by atoms with E-state index in [1.807, 2.05) is 30.3 Å². The summed E-state index contributed by atoms with van der Waals surface area (Å²) in [6.07, 6.45) is 2.07. The number of rotatable bonds is 4. The lowest BCUT2D eigenvalue weighted by atomic mass is 10.3. The minimum atomic E-state index is 0.859. The molecule has 3 aromatic rings. The Hall–Kier alpha value is -1.72. The quantitative estimate of drug-likeness (QED) is 0.704. The minimum absolute atomic E-state index is 0.859. The van der Waals surface area contributed by atoms with Gasteiger partial charge in [-0.2, -0.15) is 0 Å². The predicted molar refractivity (Wildman–Crippen MR) is 87.7 cm³/mol. The van der Waals surface area contributed by atoms with Crippen molar-refractivity contribution in [1.29, 1.82) is 0 Å². The van der Waals surface area contributed by atoms with Crippen LogP contribution in [0.25, 0.3) is 10.2 Å². The van der Waals surface area contributed by atoms with Crippen molar-refractivity contribution in [2.75, 3.05) is 18.7 Å². The van der Waals surface area contributed by atoms with E-state index in [0.29, 0.717) is 0 Å². The molecule has 0 saturated heterocycles. The van der Waals surface area contributed by atoms with Crippen LogP contribution in [0.4, 0.5) is 10.8 Å². The van der Waals surface area contributed by atoms with Crippen LogP contribution >= 0.6 is 23.1 Å². The molecule has 0 aliphatic heterocycles. The highest BCUT2D eigenvalue weighted by Crippen LogP contribution is 2.33. The summed E-state index contributed by atoms with van der Waals surface area (Å²) < 4.78 is 6.36. The van der Waals surface area contributed by atoms with E-state index in [1.54, 1.807) is 30.2 Å². The number of nitrogens with one attached hydrogen (secondary N) is 1. The van der Waals surface area contributed by atoms with Crippen molar-refractivity contribution in [3.8, 4) is 5.75 Å². The molecule has 0 spiro atoms. The van der Waals surface area contributed by atoms with Crippen LogP contribution in [0, 0.1) is 0 Å². The predicted octanol–water partition coefficient (Wildman–Crippen LogP) is 4.77. The average molecular weight is 302 g/mol. The number of fused-ring (bicyclic) bond motifs is 1. The van der Waals surface area contributed by atoms with Gasteiger partial charge in [-0.15, -0.1) is 11.8 Å². The zero-order chi connectivity index (χ0) is 13.9. The molecule has 0 unspecified atom stereocenters. The van der Waals surface area contributed by atoms with Crippen molar-refractivity contribution in [3.63, 3.8) is 0 Å². The average Bonchev–Trinajstić information content (AvgIpc) is 2.89. The topological polar surface area (TPSA) is 34.1 Å². The fraction of sp³-hybridized carbons (Fsp3) is 0.133. The number of hydrogen-bond donors (Lipinski definition) is 1. The summed E-state index contributed by atoms with van der Waals surface area (Å²) in [5, 5.41) is 4.29. The molecule has 0 amide bonds. The van der Waals surface area contributed by atoms with Crippen molar-refractivity contribution < 1.29 is 4.74 Å². The SMILES string of the molecule is COc1ccc2nc(Nc3ccccc3SC)sc2c1. The Morgan fingerprint density at radius 2 is 2.05 bits per heavy atom. The lowest BCUT2D eigenvalue weighted by molar-refractivity contribution is 0.415. The molecule has 0 radical (unpaired) electrons. The van der Waals surface area contributed by atoms with Crippen LogP contribution in [0.2, 0.25) is 0 Å². The molecule has 5 heteroatoms. The Morgan fingerprint density at radius 1 is 1.20 bits per heavy atom. The zero-order valence-electron chi connectivity index (χ0n) is 11.2. The monoisotopic (exact) mass is 302 g/mol. The Morgan fingerprint density at radius 3 is 2.85 bits per heavy atom. The normalized spacial score (nSPS) is 10.7. The Bertz CT molecular complexity index is 740. The standard InChI is InChI=1S/C15H14N2OS2/c1-18-10-7-8-12-14(9-10)20-15(17-12)16-11-5-3-4-6-13(11)19-2/h3-9H,1-2H3,(H,16,17). The highest BCUT2D eigenvalue weighted by Gasteiger charge is 2.07. The fourth-order valence-electron chi connectivity index (χ4n) is 1.95. The summed E-state index contributed by atoms with van der Waals surface area (Å²) in [6.45, 7) is 0. The van der Waals surface area contributed by atoms with E-state index in [-0.39, 0.29) is 0 Å². The molecule has 1 heterocycles. The van der Waals surface area contributed by atoms with Gasteiger partial charge in [0.1, 0.15) is 5.75 Å². The van der Waals surface area contributed by atoms with Crippen molar-refractivity contribution in [1.82, 2.24) is 4.98 Å². The van der Waals surface area contributed by atoms with Crippen LogP contribution < -0.4 is 10.1 Å². The van der Waals surface area contributed by atoms with Crippen LogP contribution in [-0.2, 0) is 0 Å². The second-order valence-electron chi connectivity index (χ2n) is 4.18. The second-order valence-corrected chi connectivity index (χ2v) is 6.06. The van der Waals surface area contributed by atoms with Gasteiger partial charge in [0, 0.05) is 4.90 Å². The number of aromatic nitrogens is 1. The van der Waals surface area contributed by atoms with Crippen LogP contribution in [0.5, 0.6) is 5.75 Å². The first-order chi connectivity index (χ1) is 9.80. The summed E-state index contributed by atoms with van der Waals surface area (Å²) in [5.74, 6) is 0.859. The first kappa shape index (κ1) is 13.3. The first-order valence-electron chi connectivity index (χ1n) is 6.15. The largest absolute Gasteiger partial charge is 0.497 e.